The first kappa shape index (κ1) is 21.3. The van der Waals surface area contributed by atoms with Crippen LogP contribution in [0.5, 0.6) is 0 Å². The van der Waals surface area contributed by atoms with Crippen molar-refractivity contribution in [1.29, 1.82) is 0 Å². The quantitative estimate of drug-likeness (QED) is 0.671. The van der Waals surface area contributed by atoms with Crippen LogP contribution in [0.1, 0.15) is 30.4 Å². The Morgan fingerprint density at radius 1 is 1.20 bits per heavy atom. The van der Waals surface area contributed by atoms with Crippen LogP contribution >= 0.6 is 0 Å². The maximum atomic E-state index is 15.3. The fourth-order valence-corrected chi connectivity index (χ4v) is 5.36. The summed E-state index contributed by atoms with van der Waals surface area (Å²) in [6.45, 7) is 0. The number of benzene rings is 2. The number of halogens is 4. The third-order valence-corrected chi connectivity index (χ3v) is 6.57. The minimum absolute atomic E-state index is 0.0591. The molecule has 2 saturated heterocycles. The Morgan fingerprint density at radius 3 is 2.57 bits per heavy atom. The zero-order valence-electron chi connectivity index (χ0n) is 16.2. The summed E-state index contributed by atoms with van der Waals surface area (Å²) in [6, 6.07) is 8.44. The smallest absolute Gasteiger partial charge is 0.263 e. The van der Waals surface area contributed by atoms with Crippen LogP contribution in [0.4, 0.5) is 17.6 Å². The molecule has 1 aliphatic carbocycles. The van der Waals surface area contributed by atoms with Crippen LogP contribution in [-0.2, 0) is 16.4 Å². The number of sulfonamides is 1. The van der Waals surface area contributed by atoms with Crippen molar-refractivity contribution in [3.63, 3.8) is 0 Å². The molecular weight excluding hydrogens is 420 g/mol. The van der Waals surface area contributed by atoms with Crippen molar-refractivity contribution in [2.45, 2.75) is 49.5 Å². The van der Waals surface area contributed by atoms with Crippen molar-refractivity contribution in [1.82, 2.24) is 10.0 Å². The van der Waals surface area contributed by atoms with E-state index in [2.05, 4.69) is 10.0 Å². The van der Waals surface area contributed by atoms with E-state index in [0.717, 1.165) is 6.26 Å². The second-order valence-electron chi connectivity index (χ2n) is 8.19. The number of rotatable bonds is 6. The number of hydrogen-bond acceptors (Lipinski definition) is 3. The first-order valence-corrected chi connectivity index (χ1v) is 11.5. The highest BCUT2D eigenvalue weighted by molar-refractivity contribution is 7.88. The van der Waals surface area contributed by atoms with E-state index in [-0.39, 0.29) is 42.0 Å². The molecule has 2 aliphatic heterocycles. The average Bonchev–Trinajstić information content (AvgIpc) is 2.64. The molecule has 3 fully saturated rings. The summed E-state index contributed by atoms with van der Waals surface area (Å²) in [6.07, 6.45) is -1.23. The van der Waals surface area contributed by atoms with E-state index in [9.17, 15) is 17.2 Å². The molecule has 0 amide bonds. The highest BCUT2D eigenvalue weighted by Gasteiger charge is 2.58. The third-order valence-electron chi connectivity index (χ3n) is 5.89. The first-order chi connectivity index (χ1) is 14.1. The van der Waals surface area contributed by atoms with E-state index in [0.29, 0.717) is 5.56 Å². The van der Waals surface area contributed by atoms with Crippen LogP contribution in [0, 0.1) is 5.82 Å². The summed E-state index contributed by atoms with van der Waals surface area (Å²) in [5, 5.41) is 3.21. The second kappa shape index (κ2) is 7.62. The normalized spacial score (nSPS) is 28.4. The summed E-state index contributed by atoms with van der Waals surface area (Å²) < 4.78 is 82.3. The molecule has 30 heavy (non-hydrogen) atoms. The Bertz CT molecular complexity index is 1050. The van der Waals surface area contributed by atoms with Crippen LogP contribution in [0.15, 0.2) is 42.5 Å². The predicted molar refractivity (Wildman–Crippen MR) is 106 cm³/mol. The SMILES string of the molecule is CS(=O)(=O)N[C@@H]1[C@H](Cc2cccc(-c3cccc(C(F)F)c3)c2F)NC2CC1(F)C2. The molecule has 2 atom stereocenters. The highest BCUT2D eigenvalue weighted by Crippen LogP contribution is 2.45. The molecule has 4 nitrogen and oxygen atoms in total. The number of hydrogen-bond donors (Lipinski definition) is 2. The maximum Gasteiger partial charge on any atom is 0.263 e. The van der Waals surface area contributed by atoms with Gasteiger partial charge in [-0.15, -0.1) is 0 Å². The lowest BCUT2D eigenvalue weighted by Crippen LogP contribution is -2.75. The van der Waals surface area contributed by atoms with Crippen LogP contribution in [0.25, 0.3) is 11.1 Å². The standard InChI is InChI=1S/C21H22F4N2O2S/c1-30(28,29)27-19-17(26-15-10-21(19,25)11-15)9-13-5-3-7-16(18(13)22)12-4-2-6-14(8-12)20(23)24/h2-8,15,17,19-20,26-27H,9-11H2,1H3/t15?,17-,19+,21?/m0/s1. The van der Waals surface area contributed by atoms with Crippen LogP contribution in [0.2, 0.25) is 0 Å². The van der Waals surface area contributed by atoms with Gasteiger partial charge in [-0.2, -0.15) is 0 Å². The lowest BCUT2D eigenvalue weighted by atomic mass is 9.65. The molecule has 0 radical (unpaired) electrons. The van der Waals surface area contributed by atoms with E-state index in [1.807, 2.05) is 0 Å². The van der Waals surface area contributed by atoms with E-state index >= 15 is 8.78 Å². The summed E-state index contributed by atoms with van der Waals surface area (Å²) >= 11 is 0. The van der Waals surface area contributed by atoms with Gasteiger partial charge in [-0.25, -0.2) is 30.7 Å². The molecule has 2 aromatic rings. The zero-order chi connectivity index (χ0) is 21.7. The third kappa shape index (κ3) is 4.10. The molecule has 0 aromatic heterocycles. The number of nitrogens with one attached hydrogen (secondary N) is 2. The number of fused-ring (bicyclic) bond motifs is 2. The fraction of sp³-hybridized carbons (Fsp3) is 0.429. The molecule has 3 aliphatic rings. The lowest BCUT2D eigenvalue weighted by Gasteiger charge is -2.55. The molecule has 2 heterocycles. The topological polar surface area (TPSA) is 58.2 Å². The summed E-state index contributed by atoms with van der Waals surface area (Å²) in [7, 11) is -3.66. The highest BCUT2D eigenvalue weighted by atomic mass is 32.2. The predicted octanol–water partition coefficient (Wildman–Crippen LogP) is 3.73. The minimum atomic E-state index is -3.66. The fourth-order valence-electron chi connectivity index (χ4n) is 4.53. The Balaban J connectivity index is 1.64. The van der Waals surface area contributed by atoms with Crippen LogP contribution in [-0.4, -0.2) is 38.5 Å². The zero-order valence-corrected chi connectivity index (χ0v) is 17.0. The molecule has 162 valence electrons. The van der Waals surface area contributed by atoms with Crippen molar-refractivity contribution in [3.05, 3.63) is 59.4 Å². The summed E-state index contributed by atoms with van der Waals surface area (Å²) in [5.41, 5.74) is -1.12. The van der Waals surface area contributed by atoms with E-state index in [4.69, 9.17) is 0 Å². The molecule has 2 N–H and O–H groups in total. The molecule has 0 unspecified atom stereocenters. The molecule has 5 rings (SSSR count). The Labute approximate surface area is 172 Å². The van der Waals surface area contributed by atoms with Crippen molar-refractivity contribution < 1.29 is 26.0 Å². The summed E-state index contributed by atoms with van der Waals surface area (Å²) in [4.78, 5) is 0. The Hall–Kier alpha value is -1.97. The van der Waals surface area contributed by atoms with Gasteiger partial charge in [0.05, 0.1) is 12.3 Å². The van der Waals surface area contributed by atoms with E-state index < -0.39 is 40.0 Å². The second-order valence-corrected chi connectivity index (χ2v) is 9.97. The largest absolute Gasteiger partial charge is 0.309 e. The van der Waals surface area contributed by atoms with Crippen molar-refractivity contribution in [2.24, 2.45) is 0 Å². The van der Waals surface area contributed by atoms with Crippen molar-refractivity contribution in [2.75, 3.05) is 6.26 Å². The maximum absolute atomic E-state index is 15.3. The van der Waals surface area contributed by atoms with Gasteiger partial charge in [0.2, 0.25) is 10.0 Å². The Morgan fingerprint density at radius 2 is 1.90 bits per heavy atom. The van der Waals surface area contributed by atoms with Crippen LogP contribution in [0.3, 0.4) is 0 Å². The van der Waals surface area contributed by atoms with Crippen molar-refractivity contribution >= 4 is 10.0 Å². The first-order valence-electron chi connectivity index (χ1n) is 9.64. The molecule has 1 saturated carbocycles. The van der Waals surface area contributed by atoms with Crippen molar-refractivity contribution in [3.8, 4) is 11.1 Å². The van der Waals surface area contributed by atoms with Gasteiger partial charge in [-0.05, 0) is 36.5 Å². The molecular formula is C21H22F4N2O2S. The lowest BCUT2D eigenvalue weighted by molar-refractivity contribution is -0.0567. The van der Waals surface area contributed by atoms with Gasteiger partial charge < -0.3 is 5.32 Å². The summed E-state index contributed by atoms with van der Waals surface area (Å²) in [5.74, 6) is -0.587. The van der Waals surface area contributed by atoms with Gasteiger partial charge in [0, 0.05) is 23.2 Å². The van der Waals surface area contributed by atoms with E-state index in [1.165, 1.54) is 24.3 Å². The molecule has 9 heteroatoms. The van der Waals surface area contributed by atoms with Gasteiger partial charge in [-0.3, -0.25) is 0 Å². The van der Waals surface area contributed by atoms with Gasteiger partial charge in [-0.1, -0.05) is 36.4 Å². The van der Waals surface area contributed by atoms with Gasteiger partial charge in [0.15, 0.2) is 0 Å². The number of piperidine rings is 2. The Kier molecular flexibility index (Phi) is 5.40. The molecule has 0 spiro atoms. The molecule has 2 aromatic carbocycles. The van der Waals surface area contributed by atoms with Gasteiger partial charge in [0.1, 0.15) is 11.5 Å². The molecule has 2 bridgehead atoms. The van der Waals surface area contributed by atoms with E-state index in [1.54, 1.807) is 18.2 Å². The monoisotopic (exact) mass is 442 g/mol. The van der Waals surface area contributed by atoms with Crippen LogP contribution < -0.4 is 10.0 Å². The average molecular weight is 442 g/mol. The van der Waals surface area contributed by atoms with Gasteiger partial charge >= 0.3 is 0 Å². The van der Waals surface area contributed by atoms with Gasteiger partial charge in [0.25, 0.3) is 6.43 Å². The minimum Gasteiger partial charge on any atom is -0.309 e. The number of alkyl halides is 3.